The fourth-order valence-corrected chi connectivity index (χ4v) is 22.7. The maximum Gasteiger partial charge on any atom is 0.118 e. The maximum atomic E-state index is 5.38. The largest absolute Gasteiger partial charge is 0.497 e. The van der Waals surface area contributed by atoms with Gasteiger partial charge in [-0.2, -0.15) is 0 Å². The Morgan fingerprint density at radius 3 is 0.737 bits per heavy atom. The van der Waals surface area contributed by atoms with E-state index in [1.165, 1.54) is 198 Å². The van der Waals surface area contributed by atoms with Crippen LogP contribution in [0.1, 0.15) is 80.5 Å². The zero-order valence-electron chi connectivity index (χ0n) is 77.3. The number of methoxy groups -OCH3 is 1. The van der Waals surface area contributed by atoms with Gasteiger partial charge in [0.1, 0.15) is 5.75 Å². The molecule has 24 rings (SSSR count). The van der Waals surface area contributed by atoms with E-state index in [-0.39, 0.29) is 16.2 Å². The zero-order valence-corrected chi connectivity index (χ0v) is 78.3. The summed E-state index contributed by atoms with van der Waals surface area (Å²) in [5, 5.41) is 16.6. The molecule has 0 aromatic heterocycles. The summed E-state index contributed by atoms with van der Waals surface area (Å²) in [4.78, 5) is 7.35. The minimum atomic E-state index is -1.34. The van der Waals surface area contributed by atoms with E-state index in [1.807, 2.05) is 12.1 Å². The first kappa shape index (κ1) is 83.2. The monoisotopic (exact) mass is 1730 g/mol. The summed E-state index contributed by atoms with van der Waals surface area (Å²) in [5.74, 6) is 0.862. The molecule has 0 unspecified atom stereocenters. The molecule has 133 heavy (non-hydrogen) atoms. The lowest BCUT2D eigenvalue weighted by Gasteiger charge is -2.29. The molecule has 0 bridgehead atoms. The van der Waals surface area contributed by atoms with Gasteiger partial charge >= 0.3 is 0 Å². The van der Waals surface area contributed by atoms with Crippen molar-refractivity contribution in [3.05, 3.63) is 476 Å². The molecule has 0 aliphatic heterocycles. The number of benzene rings is 21. The summed E-state index contributed by atoms with van der Waals surface area (Å²) in [5.41, 5.74) is 35.1. The number of rotatable bonds is 14. The second-order valence-corrected chi connectivity index (χ2v) is 43.8. The maximum absolute atomic E-state index is 5.38. The molecular formula is C128H105N3OSi. The van der Waals surface area contributed by atoms with Gasteiger partial charge in [-0.15, -0.1) is 0 Å². The lowest BCUT2D eigenvalue weighted by atomic mass is 9.82. The lowest BCUT2D eigenvalue weighted by molar-refractivity contribution is 0.415. The van der Waals surface area contributed by atoms with Crippen LogP contribution in [-0.2, 0) is 16.2 Å². The molecule has 21 aromatic rings. The number of fused-ring (bicyclic) bond motifs is 18. The molecule has 0 saturated carbocycles. The number of aryl methyl sites for hydroxylation is 1. The predicted molar refractivity (Wildman–Crippen MR) is 572 cm³/mol. The van der Waals surface area contributed by atoms with E-state index in [4.69, 9.17) is 4.74 Å². The Hall–Kier alpha value is -15.4. The van der Waals surface area contributed by atoms with Crippen LogP contribution in [0.4, 0.5) is 51.2 Å². The van der Waals surface area contributed by atoms with Gasteiger partial charge in [0.05, 0.1) is 32.2 Å². The van der Waals surface area contributed by atoms with Gasteiger partial charge < -0.3 is 19.4 Å². The molecule has 0 radical (unpaired) electrons. The van der Waals surface area contributed by atoms with Crippen molar-refractivity contribution in [2.45, 2.75) is 84.4 Å². The van der Waals surface area contributed by atoms with Crippen LogP contribution >= 0.6 is 0 Å². The van der Waals surface area contributed by atoms with Crippen LogP contribution in [0.3, 0.4) is 0 Å². The third-order valence-electron chi connectivity index (χ3n) is 28.7. The van der Waals surface area contributed by atoms with Crippen molar-refractivity contribution in [2.24, 2.45) is 0 Å². The molecule has 642 valence electrons. The predicted octanol–water partition coefficient (Wildman–Crippen LogP) is 35.2. The van der Waals surface area contributed by atoms with Crippen molar-refractivity contribution in [2.75, 3.05) is 21.8 Å². The molecule has 0 N–H and O–H groups in total. The first-order valence-electron chi connectivity index (χ1n) is 46.7. The summed E-state index contributed by atoms with van der Waals surface area (Å²) in [7, 11) is 0.358. The molecule has 4 nitrogen and oxygen atoms in total. The number of anilines is 9. The van der Waals surface area contributed by atoms with Crippen LogP contribution in [0, 0.1) is 6.92 Å². The molecule has 0 heterocycles. The molecule has 0 fully saturated rings. The van der Waals surface area contributed by atoms with Gasteiger partial charge in [0, 0.05) is 66.5 Å². The second kappa shape index (κ2) is 33.2. The van der Waals surface area contributed by atoms with Gasteiger partial charge in [0.15, 0.2) is 0 Å². The van der Waals surface area contributed by atoms with Crippen LogP contribution in [-0.4, -0.2) is 15.2 Å². The van der Waals surface area contributed by atoms with Crippen LogP contribution in [0.25, 0.3) is 131 Å². The molecular weight excluding hydrogens is 1620 g/mol. The van der Waals surface area contributed by atoms with Crippen LogP contribution < -0.4 is 24.6 Å². The van der Waals surface area contributed by atoms with Crippen molar-refractivity contribution in [3.63, 3.8) is 0 Å². The smallest absolute Gasteiger partial charge is 0.118 e. The highest BCUT2D eigenvalue weighted by Crippen LogP contribution is 2.56. The Kier molecular flexibility index (Phi) is 20.8. The Morgan fingerprint density at radius 2 is 0.444 bits per heavy atom. The van der Waals surface area contributed by atoms with Gasteiger partial charge in [-0.3, -0.25) is 0 Å². The molecule has 3 aliphatic rings. The van der Waals surface area contributed by atoms with E-state index in [9.17, 15) is 0 Å². The van der Waals surface area contributed by atoms with E-state index in [0.717, 1.165) is 34.1 Å². The molecule has 0 spiro atoms. The number of hydrogen-bond donors (Lipinski definition) is 0. The first-order chi connectivity index (χ1) is 64.7. The third kappa shape index (κ3) is 14.7. The van der Waals surface area contributed by atoms with Gasteiger partial charge in [-0.25, -0.2) is 0 Å². The fraction of sp³-hybridized carbons (Fsp3) is 0.109. The van der Waals surface area contributed by atoms with Crippen LogP contribution in [0.2, 0.25) is 19.6 Å². The first-order valence-corrected chi connectivity index (χ1v) is 50.2. The van der Waals surface area contributed by atoms with Crippen LogP contribution in [0.15, 0.2) is 437 Å². The SMILES string of the molecule is CC1(C)c2ccccc2-c2ccc(N(c3ccc(-c4ccc([Si](C)(C)C)cc4)cc3)c3cc4ccccc4c4ccccc34)cc21.COc1ccc(-c2ccc(N(c3ccc4c(c3)C(C)(C)c3ccccc3-4)c3cc4ccccc4c4ccccc34)cc2)cc1.Cc1ccc(-c2ccc(N(c3ccc4c(c3)C(C)(C)c3ccccc3-4)c3cc4ccccc4c4ccccc34)cc2)cc1. The third-order valence-corrected chi connectivity index (χ3v) is 30.8. The highest BCUT2D eigenvalue weighted by atomic mass is 28.3. The number of hydrogen-bond acceptors (Lipinski definition) is 4. The second-order valence-electron chi connectivity index (χ2n) is 38.8. The van der Waals surface area contributed by atoms with Crippen molar-refractivity contribution < 1.29 is 4.74 Å². The summed E-state index contributed by atoms with van der Waals surface area (Å²) in [6.07, 6.45) is 0. The Labute approximate surface area is 782 Å². The minimum Gasteiger partial charge on any atom is -0.497 e. The molecule has 0 saturated heterocycles. The topological polar surface area (TPSA) is 19.0 Å². The number of nitrogens with zero attached hydrogens (tertiary/aromatic N) is 3. The highest BCUT2D eigenvalue weighted by Gasteiger charge is 2.40. The summed E-state index contributed by atoms with van der Waals surface area (Å²) < 4.78 is 5.38. The van der Waals surface area contributed by atoms with E-state index in [2.05, 4.69) is 507 Å². The molecule has 21 aromatic carbocycles. The Bertz CT molecular complexity index is 8100. The van der Waals surface area contributed by atoms with E-state index >= 15 is 0 Å². The van der Waals surface area contributed by atoms with Crippen molar-refractivity contribution in [3.8, 4) is 72.5 Å². The van der Waals surface area contributed by atoms with Gasteiger partial charge in [-0.05, 0) is 259 Å². The average Bonchev–Trinajstić information content (AvgIpc) is 1.51. The van der Waals surface area contributed by atoms with E-state index in [0.29, 0.717) is 0 Å². The highest BCUT2D eigenvalue weighted by molar-refractivity contribution is 6.88. The average molecular weight is 1730 g/mol. The molecule has 0 amide bonds. The molecule has 0 atom stereocenters. The van der Waals surface area contributed by atoms with Crippen molar-refractivity contribution >= 4 is 129 Å². The Morgan fingerprint density at radius 1 is 0.211 bits per heavy atom. The zero-order chi connectivity index (χ0) is 90.6. The minimum absolute atomic E-state index is 0.0750. The molecule has 5 heteroatoms. The summed E-state index contributed by atoms with van der Waals surface area (Å²) in [6.45, 7) is 23.5. The number of ether oxygens (including phenoxy) is 1. The van der Waals surface area contributed by atoms with Crippen LogP contribution in [0.5, 0.6) is 5.75 Å². The standard InChI is InChI=1S/C44H39NSi.C42H33NO.C42H33N/c1-44(2)41-17-11-10-15-38(41)39-27-24-34(29-42(39)44)45(43-28-32-12-6-7-13-36(32)37-14-8-9-16-40(37)43)33-22-18-30(19-23-33)31-20-25-35(26-21-31)46(3,4)5;1-42(2)39-15-9-8-13-36(39)37-25-22-32(27-40(37)42)43(31-20-16-28(17-21-31)29-18-23-33(44-3)24-19-29)41-26-30-10-4-5-11-34(30)35-12-6-7-14-38(35)41;1-28-16-18-29(19-17-28)30-20-22-32(23-21-30)43(41-26-31-10-4-5-11-34(31)35-12-6-7-14-38(35)41)33-24-25-37-36-13-8-9-15-39(36)42(2,3)40(37)27-33/h6-29H,1-5H3;4-27H,1-3H3;4-27H,1-3H3. The lowest BCUT2D eigenvalue weighted by Crippen LogP contribution is -2.37. The van der Waals surface area contributed by atoms with Crippen molar-refractivity contribution in [1.82, 2.24) is 0 Å². The Balaban J connectivity index is 0.000000116. The fourth-order valence-electron chi connectivity index (χ4n) is 21.5. The van der Waals surface area contributed by atoms with Gasteiger partial charge in [0.2, 0.25) is 0 Å². The van der Waals surface area contributed by atoms with Gasteiger partial charge in [0.25, 0.3) is 0 Å². The molecule has 3 aliphatic carbocycles. The summed E-state index contributed by atoms with van der Waals surface area (Å²) in [6, 6.07) is 161. The normalized spacial score (nSPS) is 13.3. The van der Waals surface area contributed by atoms with E-state index in [1.54, 1.807) is 7.11 Å². The quantitative estimate of drug-likeness (QED) is 0.0798. The van der Waals surface area contributed by atoms with E-state index < -0.39 is 8.07 Å². The van der Waals surface area contributed by atoms with Gasteiger partial charge in [-0.1, -0.05) is 406 Å². The summed E-state index contributed by atoms with van der Waals surface area (Å²) >= 11 is 0. The van der Waals surface area contributed by atoms with Crippen molar-refractivity contribution in [1.29, 1.82) is 0 Å².